The maximum absolute atomic E-state index is 6.25. The fourth-order valence-corrected chi connectivity index (χ4v) is 2.03. The number of ether oxygens (including phenoxy) is 2. The molecule has 4 nitrogen and oxygen atoms in total. The van der Waals surface area contributed by atoms with Gasteiger partial charge in [-0.25, -0.2) is 0 Å². The van der Waals surface area contributed by atoms with Crippen LogP contribution in [0.2, 0.25) is 5.02 Å². The second-order valence-electron chi connectivity index (χ2n) is 4.67. The normalized spacial score (nSPS) is 10.6. The maximum Gasteiger partial charge on any atom is 0.146 e. The molecule has 0 saturated heterocycles. The Hall–Kier alpha value is -1.62. The van der Waals surface area contributed by atoms with E-state index in [9.17, 15) is 0 Å². The van der Waals surface area contributed by atoms with Crippen LogP contribution in [0.25, 0.3) is 0 Å². The van der Waals surface area contributed by atoms with Gasteiger partial charge in [-0.3, -0.25) is 4.98 Å². The van der Waals surface area contributed by atoms with Gasteiger partial charge in [0.2, 0.25) is 0 Å². The smallest absolute Gasteiger partial charge is 0.146 e. The maximum atomic E-state index is 6.25. The van der Waals surface area contributed by atoms with Crippen LogP contribution in [-0.4, -0.2) is 25.2 Å². The van der Waals surface area contributed by atoms with Crippen molar-refractivity contribution in [2.75, 3.05) is 20.3 Å². The monoisotopic (exact) mass is 306 g/mol. The van der Waals surface area contributed by atoms with Crippen LogP contribution in [0, 0.1) is 6.92 Å². The average molecular weight is 307 g/mol. The van der Waals surface area contributed by atoms with E-state index in [2.05, 4.69) is 10.3 Å². The summed E-state index contributed by atoms with van der Waals surface area (Å²) in [6.07, 6.45) is 1.69. The van der Waals surface area contributed by atoms with Gasteiger partial charge in [-0.2, -0.15) is 0 Å². The molecular weight excluding hydrogens is 288 g/mol. The number of rotatable bonds is 7. The van der Waals surface area contributed by atoms with Gasteiger partial charge < -0.3 is 14.8 Å². The molecule has 1 aromatic heterocycles. The molecule has 1 N–H and O–H groups in total. The van der Waals surface area contributed by atoms with Crippen LogP contribution in [-0.2, 0) is 11.3 Å². The minimum atomic E-state index is 0.585. The molecule has 112 valence electrons. The van der Waals surface area contributed by atoms with Crippen molar-refractivity contribution in [3.05, 3.63) is 52.8 Å². The first-order valence-corrected chi connectivity index (χ1v) is 7.15. The Morgan fingerprint density at radius 3 is 2.76 bits per heavy atom. The van der Waals surface area contributed by atoms with Gasteiger partial charge in [0, 0.05) is 25.9 Å². The summed E-state index contributed by atoms with van der Waals surface area (Å²) in [5.74, 6) is 1.30. The molecule has 5 heteroatoms. The summed E-state index contributed by atoms with van der Waals surface area (Å²) in [6, 6.07) is 9.53. The van der Waals surface area contributed by atoms with Gasteiger partial charge in [-0.1, -0.05) is 17.7 Å². The van der Waals surface area contributed by atoms with Gasteiger partial charge in [0.25, 0.3) is 0 Å². The minimum absolute atomic E-state index is 0.585. The number of benzene rings is 1. The summed E-state index contributed by atoms with van der Waals surface area (Å²) < 4.78 is 10.7. The van der Waals surface area contributed by atoms with Crippen molar-refractivity contribution in [3.63, 3.8) is 0 Å². The summed E-state index contributed by atoms with van der Waals surface area (Å²) in [7, 11) is 1.69. The van der Waals surface area contributed by atoms with Crippen LogP contribution in [0.3, 0.4) is 0 Å². The van der Waals surface area contributed by atoms with Gasteiger partial charge in [-0.05, 0) is 36.8 Å². The molecule has 0 aliphatic carbocycles. The summed E-state index contributed by atoms with van der Waals surface area (Å²) in [6.45, 7) is 4.17. The Morgan fingerprint density at radius 1 is 1.24 bits per heavy atom. The molecule has 2 rings (SSSR count). The first kappa shape index (κ1) is 15.8. The third-order valence-corrected chi connectivity index (χ3v) is 3.22. The van der Waals surface area contributed by atoms with Crippen LogP contribution in [0.1, 0.15) is 11.3 Å². The number of nitrogens with zero attached hydrogens (tertiary/aromatic N) is 1. The molecule has 1 heterocycles. The predicted molar refractivity (Wildman–Crippen MR) is 84.1 cm³/mol. The summed E-state index contributed by atoms with van der Waals surface area (Å²) in [5, 5.41) is 3.86. The molecule has 0 fully saturated rings. The highest BCUT2D eigenvalue weighted by Crippen LogP contribution is 2.29. The Labute approximate surface area is 130 Å². The van der Waals surface area contributed by atoms with E-state index in [1.54, 1.807) is 13.3 Å². The standard InChI is InChI=1S/C16H19ClN2O2/c1-12-3-5-14(11-19-12)21-16-6-4-13(9-15(16)17)10-18-7-8-20-2/h3-6,9,11,18H,7-8,10H2,1-2H3. The SMILES string of the molecule is COCCNCc1ccc(Oc2ccc(C)nc2)c(Cl)c1. The van der Waals surface area contributed by atoms with Crippen molar-refractivity contribution in [2.45, 2.75) is 13.5 Å². The van der Waals surface area contributed by atoms with Crippen molar-refractivity contribution in [3.8, 4) is 11.5 Å². The number of halogens is 1. The quantitative estimate of drug-likeness (QED) is 0.794. The van der Waals surface area contributed by atoms with E-state index in [0.29, 0.717) is 23.1 Å². The zero-order valence-corrected chi connectivity index (χ0v) is 13.0. The lowest BCUT2D eigenvalue weighted by Gasteiger charge is -2.10. The first-order valence-electron chi connectivity index (χ1n) is 6.77. The molecule has 21 heavy (non-hydrogen) atoms. The molecule has 0 amide bonds. The number of aromatic nitrogens is 1. The second kappa shape index (κ2) is 7.98. The van der Waals surface area contributed by atoms with Crippen molar-refractivity contribution < 1.29 is 9.47 Å². The molecule has 0 spiro atoms. The molecule has 0 unspecified atom stereocenters. The molecular formula is C16H19ClN2O2. The molecule has 0 atom stereocenters. The van der Waals surface area contributed by atoms with Crippen molar-refractivity contribution >= 4 is 11.6 Å². The zero-order chi connectivity index (χ0) is 15.1. The zero-order valence-electron chi connectivity index (χ0n) is 12.2. The fraction of sp³-hybridized carbons (Fsp3) is 0.312. The lowest BCUT2D eigenvalue weighted by atomic mass is 10.2. The van der Waals surface area contributed by atoms with E-state index in [1.165, 1.54) is 0 Å². The molecule has 0 aliphatic rings. The first-order chi connectivity index (χ1) is 10.2. The number of aryl methyl sites for hydroxylation is 1. The second-order valence-corrected chi connectivity index (χ2v) is 5.08. The minimum Gasteiger partial charge on any atom is -0.454 e. The average Bonchev–Trinajstić information content (AvgIpc) is 2.48. The highest BCUT2D eigenvalue weighted by Gasteiger charge is 2.05. The largest absolute Gasteiger partial charge is 0.454 e. The topological polar surface area (TPSA) is 43.4 Å². The van der Waals surface area contributed by atoms with E-state index < -0.39 is 0 Å². The highest BCUT2D eigenvalue weighted by molar-refractivity contribution is 6.32. The van der Waals surface area contributed by atoms with Crippen molar-refractivity contribution in [2.24, 2.45) is 0 Å². The van der Waals surface area contributed by atoms with Crippen LogP contribution in [0.5, 0.6) is 11.5 Å². The van der Waals surface area contributed by atoms with Crippen molar-refractivity contribution in [1.82, 2.24) is 10.3 Å². The van der Waals surface area contributed by atoms with Crippen molar-refractivity contribution in [1.29, 1.82) is 0 Å². The number of nitrogens with one attached hydrogen (secondary N) is 1. The lowest BCUT2D eigenvalue weighted by Crippen LogP contribution is -2.18. The van der Waals surface area contributed by atoms with Crippen LogP contribution < -0.4 is 10.1 Å². The van der Waals surface area contributed by atoms with E-state index in [0.717, 1.165) is 24.3 Å². The Bertz CT molecular complexity index is 573. The van der Waals surface area contributed by atoms with Crippen LogP contribution >= 0.6 is 11.6 Å². The molecule has 2 aromatic rings. The molecule has 1 aromatic carbocycles. The van der Waals surface area contributed by atoms with Gasteiger partial charge >= 0.3 is 0 Å². The van der Waals surface area contributed by atoms with Crippen LogP contribution in [0.4, 0.5) is 0 Å². The van der Waals surface area contributed by atoms with Gasteiger partial charge in [0.05, 0.1) is 17.8 Å². The van der Waals surface area contributed by atoms with Gasteiger partial charge in [0.15, 0.2) is 0 Å². The third-order valence-electron chi connectivity index (χ3n) is 2.92. The van der Waals surface area contributed by atoms with Gasteiger partial charge in [0.1, 0.15) is 11.5 Å². The summed E-state index contributed by atoms with van der Waals surface area (Å²) >= 11 is 6.25. The molecule has 0 aliphatic heterocycles. The Kier molecular flexibility index (Phi) is 5.99. The summed E-state index contributed by atoms with van der Waals surface area (Å²) in [4.78, 5) is 4.19. The van der Waals surface area contributed by atoms with E-state index >= 15 is 0 Å². The van der Waals surface area contributed by atoms with E-state index in [-0.39, 0.29) is 0 Å². The predicted octanol–water partition coefficient (Wildman–Crippen LogP) is 3.57. The number of methoxy groups -OCH3 is 1. The van der Waals surface area contributed by atoms with E-state index in [4.69, 9.17) is 21.1 Å². The number of hydrogen-bond acceptors (Lipinski definition) is 4. The number of hydrogen-bond donors (Lipinski definition) is 1. The lowest BCUT2D eigenvalue weighted by molar-refractivity contribution is 0.199. The fourth-order valence-electron chi connectivity index (χ4n) is 1.79. The van der Waals surface area contributed by atoms with Gasteiger partial charge in [-0.15, -0.1) is 0 Å². The number of pyridine rings is 1. The molecule has 0 saturated carbocycles. The Balaban J connectivity index is 1.97. The molecule has 0 bridgehead atoms. The van der Waals surface area contributed by atoms with Crippen LogP contribution in [0.15, 0.2) is 36.5 Å². The summed E-state index contributed by atoms with van der Waals surface area (Å²) in [5.41, 5.74) is 2.05. The third kappa shape index (κ3) is 5.01. The molecule has 0 radical (unpaired) electrons. The highest BCUT2D eigenvalue weighted by atomic mass is 35.5. The van der Waals surface area contributed by atoms with E-state index in [1.807, 2.05) is 37.3 Å². The Morgan fingerprint density at radius 2 is 2.10 bits per heavy atom.